The third-order valence-corrected chi connectivity index (χ3v) is 4.92. The molecule has 1 saturated carbocycles. The van der Waals surface area contributed by atoms with Crippen molar-refractivity contribution in [3.05, 3.63) is 29.6 Å². The molecule has 0 saturated heterocycles. The smallest absolute Gasteiger partial charge is 0.0960 e. The average molecular weight is 256 g/mol. The fourth-order valence-corrected chi connectivity index (χ4v) is 3.46. The number of aryl methyl sites for hydroxylation is 2. The van der Waals surface area contributed by atoms with Crippen LogP contribution in [0, 0.1) is 19.8 Å². The van der Waals surface area contributed by atoms with Gasteiger partial charge in [-0.05, 0) is 55.9 Å². The van der Waals surface area contributed by atoms with Gasteiger partial charge in [0.15, 0.2) is 0 Å². The number of hydrogen-bond donors (Lipinski definition) is 0. The number of rotatable bonds is 2. The molecule has 0 radical (unpaired) electrons. The zero-order valence-corrected chi connectivity index (χ0v) is 12.3. The highest BCUT2D eigenvalue weighted by atomic mass is 15.1. The Morgan fingerprint density at radius 3 is 2.79 bits per heavy atom. The Bertz CT molecular complexity index is 582. The molecule has 2 atom stereocenters. The molecule has 1 aromatic heterocycles. The molecular formula is C17H24N2. The molecule has 0 spiro atoms. The van der Waals surface area contributed by atoms with Gasteiger partial charge < -0.3 is 4.57 Å². The van der Waals surface area contributed by atoms with Gasteiger partial charge in [0.25, 0.3) is 0 Å². The van der Waals surface area contributed by atoms with Crippen molar-refractivity contribution >= 4 is 11.0 Å². The number of imidazole rings is 1. The van der Waals surface area contributed by atoms with Crippen molar-refractivity contribution in [1.29, 1.82) is 0 Å². The fraction of sp³-hybridized carbons (Fsp3) is 0.588. The summed E-state index contributed by atoms with van der Waals surface area (Å²) in [4.78, 5) is 4.61. The molecule has 0 amide bonds. The first-order valence-electron chi connectivity index (χ1n) is 7.62. The number of fused-ring (bicyclic) bond motifs is 1. The molecule has 1 fully saturated rings. The van der Waals surface area contributed by atoms with E-state index >= 15 is 0 Å². The Hall–Kier alpha value is -1.31. The summed E-state index contributed by atoms with van der Waals surface area (Å²) in [6, 6.07) is 5.19. The van der Waals surface area contributed by atoms with E-state index in [1.54, 1.807) is 0 Å². The van der Waals surface area contributed by atoms with Gasteiger partial charge in [-0.2, -0.15) is 0 Å². The lowest BCUT2D eigenvalue weighted by Crippen LogP contribution is -2.18. The van der Waals surface area contributed by atoms with Gasteiger partial charge in [-0.1, -0.05) is 26.2 Å². The molecule has 1 aliphatic rings. The van der Waals surface area contributed by atoms with Crippen molar-refractivity contribution in [3.63, 3.8) is 0 Å². The lowest BCUT2D eigenvalue weighted by molar-refractivity contribution is 0.265. The van der Waals surface area contributed by atoms with Crippen LogP contribution in [0.3, 0.4) is 0 Å². The van der Waals surface area contributed by atoms with E-state index < -0.39 is 0 Å². The SMILES string of the molecule is CCC1CCCC(n2cnc3cc(C)c(C)cc32)C1. The number of benzene rings is 1. The van der Waals surface area contributed by atoms with Gasteiger partial charge in [0.1, 0.15) is 0 Å². The molecule has 3 rings (SSSR count). The summed E-state index contributed by atoms with van der Waals surface area (Å²) < 4.78 is 2.43. The lowest BCUT2D eigenvalue weighted by atomic mass is 9.84. The number of nitrogens with zero attached hydrogens (tertiary/aromatic N) is 2. The second-order valence-corrected chi connectivity index (χ2v) is 6.17. The summed E-state index contributed by atoms with van der Waals surface area (Å²) in [6.07, 6.45) is 8.81. The molecule has 1 aromatic carbocycles. The van der Waals surface area contributed by atoms with Crippen LogP contribution in [-0.4, -0.2) is 9.55 Å². The van der Waals surface area contributed by atoms with Crippen LogP contribution in [0.15, 0.2) is 18.5 Å². The molecule has 1 aliphatic carbocycles. The van der Waals surface area contributed by atoms with Crippen LogP contribution in [0.2, 0.25) is 0 Å². The van der Waals surface area contributed by atoms with E-state index in [9.17, 15) is 0 Å². The average Bonchev–Trinajstić information content (AvgIpc) is 2.82. The minimum absolute atomic E-state index is 0.658. The molecule has 19 heavy (non-hydrogen) atoms. The number of aromatic nitrogens is 2. The van der Waals surface area contributed by atoms with E-state index in [0.717, 1.165) is 11.4 Å². The number of hydrogen-bond acceptors (Lipinski definition) is 1. The van der Waals surface area contributed by atoms with E-state index in [1.165, 1.54) is 48.7 Å². The first kappa shape index (κ1) is 12.7. The molecule has 0 aliphatic heterocycles. The predicted octanol–water partition coefficient (Wildman–Crippen LogP) is 4.79. The van der Waals surface area contributed by atoms with E-state index in [0.29, 0.717) is 6.04 Å². The van der Waals surface area contributed by atoms with Gasteiger partial charge in [0, 0.05) is 6.04 Å². The fourth-order valence-electron chi connectivity index (χ4n) is 3.46. The Labute approximate surface area is 115 Å². The van der Waals surface area contributed by atoms with Gasteiger partial charge in [-0.15, -0.1) is 0 Å². The van der Waals surface area contributed by atoms with Crippen molar-refractivity contribution in [3.8, 4) is 0 Å². The molecule has 102 valence electrons. The summed E-state index contributed by atoms with van der Waals surface area (Å²) in [7, 11) is 0. The second-order valence-electron chi connectivity index (χ2n) is 6.17. The highest BCUT2D eigenvalue weighted by molar-refractivity contribution is 5.77. The van der Waals surface area contributed by atoms with Crippen molar-refractivity contribution in [2.75, 3.05) is 0 Å². The normalized spacial score (nSPS) is 23.9. The minimum Gasteiger partial charge on any atom is -0.327 e. The molecule has 1 heterocycles. The van der Waals surface area contributed by atoms with Gasteiger partial charge in [0.05, 0.1) is 17.4 Å². The Morgan fingerprint density at radius 1 is 1.21 bits per heavy atom. The van der Waals surface area contributed by atoms with E-state index in [4.69, 9.17) is 0 Å². The van der Waals surface area contributed by atoms with Crippen LogP contribution in [0.4, 0.5) is 0 Å². The molecule has 2 heteroatoms. The highest BCUT2D eigenvalue weighted by Gasteiger charge is 2.23. The van der Waals surface area contributed by atoms with Crippen molar-refractivity contribution in [2.24, 2.45) is 5.92 Å². The molecule has 2 nitrogen and oxygen atoms in total. The van der Waals surface area contributed by atoms with Crippen molar-refractivity contribution in [2.45, 2.75) is 58.9 Å². The van der Waals surface area contributed by atoms with E-state index in [1.807, 2.05) is 0 Å². The van der Waals surface area contributed by atoms with Crippen LogP contribution in [0.5, 0.6) is 0 Å². The third-order valence-electron chi connectivity index (χ3n) is 4.92. The predicted molar refractivity (Wildman–Crippen MR) is 80.5 cm³/mol. The van der Waals surface area contributed by atoms with Crippen LogP contribution in [-0.2, 0) is 0 Å². The second kappa shape index (κ2) is 4.99. The molecular weight excluding hydrogens is 232 g/mol. The monoisotopic (exact) mass is 256 g/mol. The highest BCUT2D eigenvalue weighted by Crippen LogP contribution is 2.36. The zero-order chi connectivity index (χ0) is 13.4. The van der Waals surface area contributed by atoms with Crippen LogP contribution < -0.4 is 0 Å². The summed E-state index contributed by atoms with van der Waals surface area (Å²) in [5, 5.41) is 0. The van der Waals surface area contributed by atoms with E-state index in [2.05, 4.69) is 48.8 Å². The maximum absolute atomic E-state index is 4.61. The molecule has 0 bridgehead atoms. The van der Waals surface area contributed by atoms with Crippen LogP contribution >= 0.6 is 0 Å². The van der Waals surface area contributed by atoms with Gasteiger partial charge >= 0.3 is 0 Å². The topological polar surface area (TPSA) is 17.8 Å². The summed E-state index contributed by atoms with van der Waals surface area (Å²) in [5.41, 5.74) is 5.19. The zero-order valence-electron chi connectivity index (χ0n) is 12.3. The summed E-state index contributed by atoms with van der Waals surface area (Å²) in [5.74, 6) is 0.905. The standard InChI is InChI=1S/C17H24N2/c1-4-14-6-5-7-15(10-14)19-11-18-16-8-12(2)13(3)9-17(16)19/h8-9,11,14-15H,4-7,10H2,1-3H3. The summed E-state index contributed by atoms with van der Waals surface area (Å²) in [6.45, 7) is 6.69. The minimum atomic E-state index is 0.658. The summed E-state index contributed by atoms with van der Waals surface area (Å²) >= 11 is 0. The van der Waals surface area contributed by atoms with Crippen molar-refractivity contribution < 1.29 is 0 Å². The maximum atomic E-state index is 4.61. The quantitative estimate of drug-likeness (QED) is 0.755. The van der Waals surface area contributed by atoms with Crippen LogP contribution in [0.25, 0.3) is 11.0 Å². The van der Waals surface area contributed by atoms with Gasteiger partial charge in [-0.3, -0.25) is 0 Å². The Morgan fingerprint density at radius 2 is 2.00 bits per heavy atom. The largest absolute Gasteiger partial charge is 0.327 e. The molecule has 2 aromatic rings. The Kier molecular flexibility index (Phi) is 3.34. The van der Waals surface area contributed by atoms with E-state index in [-0.39, 0.29) is 0 Å². The maximum Gasteiger partial charge on any atom is 0.0960 e. The first-order valence-corrected chi connectivity index (χ1v) is 7.62. The first-order chi connectivity index (χ1) is 9.19. The lowest BCUT2D eigenvalue weighted by Gasteiger charge is -2.29. The molecule has 2 unspecified atom stereocenters. The van der Waals surface area contributed by atoms with Crippen molar-refractivity contribution in [1.82, 2.24) is 9.55 Å². The van der Waals surface area contributed by atoms with Gasteiger partial charge in [0.2, 0.25) is 0 Å². The molecule has 0 N–H and O–H groups in total. The van der Waals surface area contributed by atoms with Crippen LogP contribution in [0.1, 0.15) is 56.2 Å². The third kappa shape index (κ3) is 2.29. The Balaban J connectivity index is 1.98. The van der Waals surface area contributed by atoms with Gasteiger partial charge in [-0.25, -0.2) is 4.98 Å².